The van der Waals surface area contributed by atoms with Gasteiger partial charge in [-0.15, -0.1) is 0 Å². The van der Waals surface area contributed by atoms with Crippen LogP contribution in [0.3, 0.4) is 0 Å². The van der Waals surface area contributed by atoms with E-state index < -0.39 is 10.0 Å². The third kappa shape index (κ3) is 4.20. The van der Waals surface area contributed by atoms with Crippen molar-refractivity contribution in [2.24, 2.45) is 5.92 Å². The molecule has 3 rings (SSSR count). The molecule has 128 valence electrons. The molecule has 2 fully saturated rings. The zero-order valence-corrected chi connectivity index (χ0v) is 14.3. The highest BCUT2D eigenvalue weighted by atomic mass is 32.2. The van der Waals surface area contributed by atoms with Gasteiger partial charge in [0.2, 0.25) is 10.0 Å². The Balaban J connectivity index is 1.50. The molecule has 2 aliphatic heterocycles. The van der Waals surface area contributed by atoms with Crippen molar-refractivity contribution in [1.82, 2.24) is 9.71 Å². The summed E-state index contributed by atoms with van der Waals surface area (Å²) in [5, 5.41) is 0. The van der Waals surface area contributed by atoms with Gasteiger partial charge in [-0.2, -0.15) is 0 Å². The number of hydrogen-bond donors (Lipinski definition) is 1. The topological polar surface area (TPSA) is 80.8 Å². The molecule has 0 amide bonds. The summed E-state index contributed by atoms with van der Waals surface area (Å²) in [6.45, 7) is 1.45. The molecule has 0 bridgehead atoms. The van der Waals surface area contributed by atoms with Gasteiger partial charge in [0.05, 0.1) is 55.3 Å². The van der Waals surface area contributed by atoms with Gasteiger partial charge in [-0.25, -0.2) is 13.1 Å². The fourth-order valence-corrected chi connectivity index (χ4v) is 4.16. The number of aromatic nitrogens is 1. The van der Waals surface area contributed by atoms with Crippen LogP contribution in [0.5, 0.6) is 0 Å². The summed E-state index contributed by atoms with van der Waals surface area (Å²) in [5.41, 5.74) is 1.67. The lowest BCUT2D eigenvalue weighted by Gasteiger charge is -2.14. The molecule has 3 heterocycles. The van der Waals surface area contributed by atoms with Gasteiger partial charge in [0, 0.05) is 20.0 Å². The fraction of sp³-hybridized carbons (Fsp3) is 0.667. The van der Waals surface area contributed by atoms with Crippen molar-refractivity contribution in [3.8, 4) is 0 Å². The van der Waals surface area contributed by atoms with E-state index in [0.717, 1.165) is 12.1 Å². The molecule has 1 N–H and O–H groups in total. The highest BCUT2D eigenvalue weighted by Crippen LogP contribution is 2.31. The van der Waals surface area contributed by atoms with Crippen LogP contribution < -0.4 is 9.62 Å². The number of anilines is 1. The van der Waals surface area contributed by atoms with Crippen LogP contribution in [0.2, 0.25) is 0 Å². The van der Waals surface area contributed by atoms with Crippen molar-refractivity contribution in [3.05, 3.63) is 24.0 Å². The summed E-state index contributed by atoms with van der Waals surface area (Å²) in [5.74, 6) is 0.339. The van der Waals surface area contributed by atoms with Crippen molar-refractivity contribution >= 4 is 15.7 Å². The van der Waals surface area contributed by atoms with Crippen molar-refractivity contribution in [2.75, 3.05) is 38.0 Å². The summed E-state index contributed by atoms with van der Waals surface area (Å²) < 4.78 is 38.1. The summed E-state index contributed by atoms with van der Waals surface area (Å²) in [6, 6.07) is 3.74. The van der Waals surface area contributed by atoms with Crippen LogP contribution in [0.1, 0.15) is 12.1 Å². The first-order valence-electron chi connectivity index (χ1n) is 7.76. The maximum Gasteiger partial charge on any atom is 0.214 e. The number of sulfonamides is 1. The lowest BCUT2D eigenvalue weighted by molar-refractivity contribution is 0.0299. The average Bonchev–Trinajstić information content (AvgIpc) is 3.06. The Morgan fingerprint density at radius 3 is 2.83 bits per heavy atom. The van der Waals surface area contributed by atoms with Crippen LogP contribution >= 0.6 is 0 Å². The van der Waals surface area contributed by atoms with Gasteiger partial charge in [0.1, 0.15) is 0 Å². The van der Waals surface area contributed by atoms with Gasteiger partial charge in [-0.1, -0.05) is 0 Å². The highest BCUT2D eigenvalue weighted by molar-refractivity contribution is 7.89. The molecule has 0 aromatic carbocycles. The van der Waals surface area contributed by atoms with Crippen molar-refractivity contribution in [2.45, 2.75) is 25.2 Å². The van der Waals surface area contributed by atoms with Gasteiger partial charge in [0.15, 0.2) is 0 Å². The van der Waals surface area contributed by atoms with E-state index >= 15 is 0 Å². The van der Waals surface area contributed by atoms with Crippen molar-refractivity contribution < 1.29 is 17.9 Å². The molecule has 1 aromatic rings. The summed E-state index contributed by atoms with van der Waals surface area (Å²) in [6.07, 6.45) is 2.30. The largest absolute Gasteiger partial charge is 0.378 e. The molecule has 0 radical (unpaired) electrons. The zero-order chi connectivity index (χ0) is 16.4. The second-order valence-corrected chi connectivity index (χ2v) is 8.19. The van der Waals surface area contributed by atoms with E-state index in [0.29, 0.717) is 24.8 Å². The number of pyridine rings is 1. The van der Waals surface area contributed by atoms with Crippen molar-refractivity contribution in [3.63, 3.8) is 0 Å². The van der Waals surface area contributed by atoms with E-state index in [2.05, 4.69) is 9.71 Å². The highest BCUT2D eigenvalue weighted by Gasteiger charge is 2.40. The van der Waals surface area contributed by atoms with Crippen LogP contribution in [-0.2, 0) is 26.0 Å². The summed E-state index contributed by atoms with van der Waals surface area (Å²) in [7, 11) is 0.477. The Bertz CT molecular complexity index is 621. The van der Waals surface area contributed by atoms with Gasteiger partial charge in [0.25, 0.3) is 0 Å². The minimum Gasteiger partial charge on any atom is -0.378 e. The Morgan fingerprint density at radius 2 is 2.17 bits per heavy atom. The molecular weight excluding hydrogens is 318 g/mol. The quantitative estimate of drug-likeness (QED) is 0.805. The van der Waals surface area contributed by atoms with Gasteiger partial charge in [-0.3, -0.25) is 4.98 Å². The van der Waals surface area contributed by atoms with Gasteiger partial charge >= 0.3 is 0 Å². The van der Waals surface area contributed by atoms with E-state index in [1.54, 1.807) is 6.20 Å². The molecule has 3 atom stereocenters. The molecule has 23 heavy (non-hydrogen) atoms. The van der Waals surface area contributed by atoms with Crippen LogP contribution in [-0.4, -0.2) is 58.7 Å². The lowest BCUT2D eigenvalue weighted by Crippen LogP contribution is -2.32. The third-order valence-corrected chi connectivity index (χ3v) is 5.67. The first-order valence-corrected chi connectivity index (χ1v) is 9.41. The number of ether oxygens (including phenoxy) is 2. The van der Waals surface area contributed by atoms with E-state index in [4.69, 9.17) is 9.47 Å². The molecule has 2 aliphatic rings. The van der Waals surface area contributed by atoms with Gasteiger partial charge < -0.3 is 14.4 Å². The smallest absolute Gasteiger partial charge is 0.214 e. The average molecular weight is 341 g/mol. The molecule has 7 nitrogen and oxygen atoms in total. The van der Waals surface area contributed by atoms with Crippen molar-refractivity contribution in [1.29, 1.82) is 0 Å². The number of rotatable bonds is 6. The summed E-state index contributed by atoms with van der Waals surface area (Å²) in [4.78, 5) is 6.21. The molecule has 2 saturated heterocycles. The predicted octanol–water partition coefficient (Wildman–Crippen LogP) is 0.371. The molecule has 1 aromatic heterocycles. The Morgan fingerprint density at radius 1 is 1.35 bits per heavy atom. The van der Waals surface area contributed by atoms with Crippen LogP contribution in [0.4, 0.5) is 5.69 Å². The maximum absolute atomic E-state index is 12.2. The third-order valence-electron chi connectivity index (χ3n) is 4.28. The molecule has 8 heteroatoms. The predicted molar refractivity (Wildman–Crippen MR) is 86.8 cm³/mol. The monoisotopic (exact) mass is 341 g/mol. The minimum atomic E-state index is -3.39. The molecule has 0 spiro atoms. The molecule has 0 saturated carbocycles. The zero-order valence-electron chi connectivity index (χ0n) is 13.4. The summed E-state index contributed by atoms with van der Waals surface area (Å²) >= 11 is 0. The second-order valence-electron chi connectivity index (χ2n) is 6.33. The number of nitrogens with one attached hydrogen (secondary N) is 1. The van der Waals surface area contributed by atoms with Crippen LogP contribution in [0.25, 0.3) is 0 Å². The Hall–Kier alpha value is -1.22. The van der Waals surface area contributed by atoms with E-state index in [9.17, 15) is 8.42 Å². The van der Waals surface area contributed by atoms with Crippen LogP contribution in [0.15, 0.2) is 18.3 Å². The minimum absolute atomic E-state index is 0.00419. The molecule has 1 unspecified atom stereocenters. The Labute approximate surface area is 137 Å². The molecule has 0 aliphatic carbocycles. The van der Waals surface area contributed by atoms with E-state index in [1.165, 1.54) is 0 Å². The van der Waals surface area contributed by atoms with E-state index in [-0.39, 0.29) is 24.5 Å². The Kier molecular flexibility index (Phi) is 4.86. The van der Waals surface area contributed by atoms with Gasteiger partial charge in [-0.05, 0) is 18.6 Å². The SMILES string of the molecule is CN(C)c1ccc(CNS(=O)(=O)CC2C[C@@H]3COC[C@@H]3O2)nc1. The normalized spacial score (nSPS) is 27.1. The standard InChI is InChI=1S/C15H23N3O4S/c1-18(2)13-4-3-12(16-7-13)6-17-23(19,20)10-14-5-11-8-21-9-15(11)22-14/h3-4,7,11,14-15,17H,5-6,8-10H2,1-2H3/t11-,14?,15+/m1/s1. The molecular formula is C15H23N3O4S. The number of hydrogen-bond acceptors (Lipinski definition) is 6. The second kappa shape index (κ2) is 6.72. The number of nitrogens with zero attached hydrogens (tertiary/aromatic N) is 2. The van der Waals surface area contributed by atoms with E-state index in [1.807, 2.05) is 31.1 Å². The number of fused-ring (bicyclic) bond motifs is 1. The van der Waals surface area contributed by atoms with Crippen LogP contribution in [0, 0.1) is 5.92 Å². The maximum atomic E-state index is 12.2. The fourth-order valence-electron chi connectivity index (χ4n) is 2.97. The first kappa shape index (κ1) is 16.6. The lowest BCUT2D eigenvalue weighted by atomic mass is 10.0. The first-order chi connectivity index (χ1) is 10.9.